The van der Waals surface area contributed by atoms with Crippen molar-refractivity contribution in [2.24, 2.45) is 0 Å². The fourth-order valence-electron chi connectivity index (χ4n) is 4.44. The maximum absolute atomic E-state index is 5.40. The van der Waals surface area contributed by atoms with Gasteiger partial charge in [-0.3, -0.25) is 0 Å². The Morgan fingerprint density at radius 3 is 1.39 bits per heavy atom. The molecule has 0 aliphatic heterocycles. The minimum Gasteiger partial charge on any atom is -0.497 e. The predicted molar refractivity (Wildman–Crippen MR) is 139 cm³/mol. The van der Waals surface area contributed by atoms with Crippen LogP contribution in [0.15, 0.2) is 72.8 Å². The summed E-state index contributed by atoms with van der Waals surface area (Å²) in [5.41, 5.74) is 4.09. The fraction of sp³-hybridized carbons (Fsp3) is 0.357. The Bertz CT molecular complexity index is 877. The van der Waals surface area contributed by atoms with Crippen LogP contribution in [0, 0.1) is 0 Å². The van der Waals surface area contributed by atoms with Crippen LogP contribution in [0.5, 0.6) is 17.2 Å². The van der Waals surface area contributed by atoms with E-state index in [1.807, 2.05) is 0 Å². The molecular weight excluding hydrogens is 409 g/mol. The molecular formula is C28H38BNO3. The Hall–Kier alpha value is -2.92. The second-order valence-electron chi connectivity index (χ2n) is 8.39. The first-order valence-electron chi connectivity index (χ1n) is 11.6. The van der Waals surface area contributed by atoms with Gasteiger partial charge in [0.1, 0.15) is 17.2 Å². The first-order chi connectivity index (χ1) is 15.7. The molecule has 0 spiro atoms. The number of unbranched alkanes of at least 4 members (excludes halogenated alkanes) is 1. The Labute approximate surface area is 199 Å². The van der Waals surface area contributed by atoms with Crippen LogP contribution in [0.3, 0.4) is 0 Å². The second kappa shape index (κ2) is 13.6. The van der Waals surface area contributed by atoms with Gasteiger partial charge in [-0.2, -0.15) is 0 Å². The number of hydrogen-bond acceptors (Lipinski definition) is 4. The van der Waals surface area contributed by atoms with Crippen molar-refractivity contribution >= 4 is 6.71 Å². The molecule has 0 amide bonds. The molecule has 33 heavy (non-hydrogen) atoms. The van der Waals surface area contributed by atoms with Gasteiger partial charge in [-0.25, -0.2) is 0 Å². The average molecular weight is 447 g/mol. The Morgan fingerprint density at radius 2 is 1.03 bits per heavy atom. The first-order valence-corrected chi connectivity index (χ1v) is 11.6. The van der Waals surface area contributed by atoms with Gasteiger partial charge >= 0.3 is 0 Å². The van der Waals surface area contributed by atoms with Gasteiger partial charge in [-0.05, 0) is 54.9 Å². The monoisotopic (exact) mass is 447 g/mol. The van der Waals surface area contributed by atoms with Crippen molar-refractivity contribution in [1.82, 2.24) is 6.15 Å². The quantitative estimate of drug-likeness (QED) is 0.312. The Morgan fingerprint density at radius 1 is 0.636 bits per heavy atom. The van der Waals surface area contributed by atoms with Crippen molar-refractivity contribution in [3.63, 3.8) is 0 Å². The van der Waals surface area contributed by atoms with Gasteiger partial charge in [0.05, 0.1) is 21.3 Å². The Balaban J connectivity index is 0.00000385. The molecule has 0 heterocycles. The van der Waals surface area contributed by atoms with Crippen LogP contribution >= 0.6 is 0 Å². The summed E-state index contributed by atoms with van der Waals surface area (Å²) < 4.78 is 16.1. The van der Waals surface area contributed by atoms with Crippen molar-refractivity contribution in [1.29, 1.82) is 0 Å². The van der Waals surface area contributed by atoms with E-state index in [-0.39, 0.29) is 6.15 Å². The van der Waals surface area contributed by atoms with E-state index in [9.17, 15) is 0 Å². The third-order valence-electron chi connectivity index (χ3n) is 6.30. The highest BCUT2D eigenvalue weighted by Crippen LogP contribution is 2.31. The summed E-state index contributed by atoms with van der Waals surface area (Å²) in [5.74, 6) is 3.19. The smallest absolute Gasteiger partial charge is 0.157 e. The molecule has 1 unspecified atom stereocenters. The lowest BCUT2D eigenvalue weighted by Crippen LogP contribution is -2.30. The highest BCUT2D eigenvalue weighted by molar-refractivity contribution is 6.59. The molecule has 0 saturated heterocycles. The molecule has 0 radical (unpaired) electrons. The molecule has 3 aromatic carbocycles. The van der Waals surface area contributed by atoms with Gasteiger partial charge in [-0.1, -0.05) is 79.3 Å². The number of ether oxygens (including phenoxy) is 3. The van der Waals surface area contributed by atoms with Crippen molar-refractivity contribution < 1.29 is 14.2 Å². The lowest BCUT2D eigenvalue weighted by molar-refractivity contribution is 0.414. The predicted octanol–water partition coefficient (Wildman–Crippen LogP) is 6.75. The van der Waals surface area contributed by atoms with Gasteiger partial charge in [0, 0.05) is 0 Å². The number of hydrogen-bond donors (Lipinski definition) is 1. The van der Waals surface area contributed by atoms with Crippen LogP contribution in [0.2, 0.25) is 0 Å². The summed E-state index contributed by atoms with van der Waals surface area (Å²) in [6.07, 6.45) is 5.65. The molecule has 0 aliphatic carbocycles. The van der Waals surface area contributed by atoms with E-state index in [1.54, 1.807) is 21.3 Å². The molecule has 0 aliphatic rings. The molecule has 3 aromatic rings. The van der Waals surface area contributed by atoms with E-state index in [0.717, 1.165) is 29.9 Å². The molecule has 176 valence electrons. The van der Waals surface area contributed by atoms with Crippen molar-refractivity contribution in [2.75, 3.05) is 21.3 Å². The number of methoxy groups -OCH3 is 3. The third kappa shape index (κ3) is 7.57. The van der Waals surface area contributed by atoms with E-state index in [2.05, 4.69) is 79.7 Å². The lowest BCUT2D eigenvalue weighted by Gasteiger charge is -2.26. The van der Waals surface area contributed by atoms with Crippen LogP contribution < -0.4 is 20.4 Å². The van der Waals surface area contributed by atoms with Crippen LogP contribution in [0.25, 0.3) is 0 Å². The van der Waals surface area contributed by atoms with Gasteiger partial charge in [0.2, 0.25) is 0 Å². The molecule has 4 nitrogen and oxygen atoms in total. The standard InChI is InChI=1S/C28H35BO3.H3N/c1-5-6-7-28(24-12-18-27(32-4)19-13-24)29(20-22-8-14-25(30-2)15-9-22)21-23-10-16-26(31-3)17-11-23;/h8-19,28H,5-7,20-21H2,1-4H3;1H3. The average Bonchev–Trinajstić information content (AvgIpc) is 2.85. The fourth-order valence-corrected chi connectivity index (χ4v) is 4.44. The van der Waals surface area contributed by atoms with E-state index >= 15 is 0 Å². The van der Waals surface area contributed by atoms with E-state index in [4.69, 9.17) is 14.2 Å². The summed E-state index contributed by atoms with van der Waals surface area (Å²) in [6.45, 7) is 2.75. The van der Waals surface area contributed by atoms with E-state index in [1.165, 1.54) is 36.0 Å². The Kier molecular flexibility index (Phi) is 10.8. The maximum atomic E-state index is 5.40. The molecule has 0 fully saturated rings. The van der Waals surface area contributed by atoms with Crippen LogP contribution in [-0.2, 0) is 12.6 Å². The summed E-state index contributed by atoms with van der Waals surface area (Å²) in [5, 5.41) is 0. The topological polar surface area (TPSA) is 62.7 Å². The zero-order valence-electron chi connectivity index (χ0n) is 20.6. The third-order valence-corrected chi connectivity index (χ3v) is 6.30. The van der Waals surface area contributed by atoms with Crippen molar-refractivity contribution in [3.05, 3.63) is 89.5 Å². The molecule has 0 bridgehead atoms. The van der Waals surface area contributed by atoms with Gasteiger partial charge in [0.25, 0.3) is 0 Å². The molecule has 0 aromatic heterocycles. The lowest BCUT2D eigenvalue weighted by atomic mass is 9.34. The SMILES string of the molecule is CCCCC(B(Cc1ccc(OC)cc1)Cc1ccc(OC)cc1)c1ccc(OC)cc1.N. The van der Waals surface area contributed by atoms with Crippen molar-refractivity contribution in [2.45, 2.75) is 44.6 Å². The van der Waals surface area contributed by atoms with Gasteiger partial charge in [0.15, 0.2) is 6.71 Å². The van der Waals surface area contributed by atoms with Crippen LogP contribution in [-0.4, -0.2) is 28.0 Å². The van der Waals surface area contributed by atoms with Crippen molar-refractivity contribution in [3.8, 4) is 17.2 Å². The first kappa shape index (κ1) is 26.3. The number of rotatable bonds is 12. The summed E-state index contributed by atoms with van der Waals surface area (Å²) in [4.78, 5) is 0. The minimum absolute atomic E-state index is 0. The van der Waals surface area contributed by atoms with E-state index < -0.39 is 0 Å². The van der Waals surface area contributed by atoms with E-state index in [0.29, 0.717) is 12.5 Å². The molecule has 3 N–H and O–H groups in total. The largest absolute Gasteiger partial charge is 0.497 e. The summed E-state index contributed by atoms with van der Waals surface area (Å²) in [7, 11) is 5.15. The van der Waals surface area contributed by atoms with Gasteiger partial charge in [-0.15, -0.1) is 0 Å². The van der Waals surface area contributed by atoms with Gasteiger partial charge < -0.3 is 20.4 Å². The molecule has 1 atom stereocenters. The zero-order valence-corrected chi connectivity index (χ0v) is 20.6. The van der Waals surface area contributed by atoms with Crippen LogP contribution in [0.1, 0.15) is 48.7 Å². The molecule has 3 rings (SSSR count). The number of benzene rings is 3. The normalized spacial score (nSPS) is 11.3. The second-order valence-corrected chi connectivity index (χ2v) is 8.39. The van der Waals surface area contributed by atoms with Crippen LogP contribution in [0.4, 0.5) is 0 Å². The minimum atomic E-state index is 0. The molecule has 0 saturated carbocycles. The summed E-state index contributed by atoms with van der Waals surface area (Å²) in [6, 6.07) is 25.7. The highest BCUT2D eigenvalue weighted by Gasteiger charge is 2.27. The highest BCUT2D eigenvalue weighted by atomic mass is 16.5. The zero-order chi connectivity index (χ0) is 22.8. The molecule has 5 heteroatoms. The maximum Gasteiger partial charge on any atom is 0.157 e. The summed E-state index contributed by atoms with van der Waals surface area (Å²) >= 11 is 0.